The van der Waals surface area contributed by atoms with Gasteiger partial charge in [-0.15, -0.1) is 0 Å². The number of hydrogen-bond donors (Lipinski definition) is 1. The molecular formula is C102H102Cl3N7O29S. The maximum absolute atomic E-state index is 16.1. The number of carbonyl (C=O) groups excluding carboxylic acids is 6. The molecule has 10 aromatic rings. The first-order valence-electron chi connectivity index (χ1n) is 45.3. The zero-order valence-corrected chi connectivity index (χ0v) is 79.4. The van der Waals surface area contributed by atoms with Crippen LogP contribution in [0.1, 0.15) is 78.6 Å². The number of rotatable bonds is 46. The summed E-state index contributed by atoms with van der Waals surface area (Å²) in [5.74, 6) is -5.39. The number of esters is 5. The zero-order valence-electron chi connectivity index (χ0n) is 76.4. The Morgan fingerprint density at radius 2 is 0.739 bits per heavy atom. The third-order valence-corrected chi connectivity index (χ3v) is 23.9. The highest BCUT2D eigenvalue weighted by Gasteiger charge is 2.61. The maximum atomic E-state index is 16.1. The summed E-state index contributed by atoms with van der Waals surface area (Å²) in [7, 11) is -5.45. The highest BCUT2D eigenvalue weighted by Crippen LogP contribution is 2.42. The molecule has 40 heteroatoms. The Morgan fingerprint density at radius 3 is 1.15 bits per heavy atom. The molecule has 142 heavy (non-hydrogen) atoms. The van der Waals surface area contributed by atoms with Gasteiger partial charge < -0.3 is 95.3 Å². The van der Waals surface area contributed by atoms with Crippen LogP contribution in [0.4, 0.5) is 4.79 Å². The third-order valence-electron chi connectivity index (χ3n) is 22.8. The predicted molar refractivity (Wildman–Crippen MR) is 507 cm³/mol. The van der Waals surface area contributed by atoms with Crippen molar-refractivity contribution in [1.29, 1.82) is 0 Å². The number of amides is 1. The number of carbonyl (C=O) groups is 6. The van der Waals surface area contributed by atoms with Crippen molar-refractivity contribution < 1.29 is 136 Å². The highest BCUT2D eigenvalue weighted by atomic mass is 35.6. The minimum Gasteiger partial charge on any atom is -0.463 e. The van der Waals surface area contributed by atoms with Gasteiger partial charge in [0.25, 0.3) is 0 Å². The van der Waals surface area contributed by atoms with Crippen LogP contribution < -0.4 is 0 Å². The Balaban J connectivity index is 0.913. The molecule has 4 heterocycles. The normalized spacial score (nSPS) is 24.3. The molecule has 0 bridgehead atoms. The van der Waals surface area contributed by atoms with Crippen LogP contribution >= 0.6 is 34.8 Å². The van der Waals surface area contributed by atoms with E-state index in [0.717, 1.165) is 18.1 Å². The standard InChI is InChI=1S/C102H102Cl3N7O29S/c1-66(113)123-63-77-81(114)83(124-56-68-35-14-3-15-36-68)79(108-110-106)97(133-77)138-88-86(127-59-71-41-20-6-21-42-71)92(136-94(116)76-51-30-11-31-52-76)100(141-90(88)96(118)129-61-73-45-24-8-25-46-73)137-82-78(64-131-142(120,121)132-65-102(103,104)105)134-98(80(109-111-107)84(82)125-57-69-37-16-4-17-38-69)139-87-85(126-58-70-39-18-5-19-40-70)91(135-93(115)75-49-28-10-29-50-75)99(140-89(87)95(117)128-60-72-43-22-7-23-44-72)122-54-32-53-112(55-67-33-12-2-13-34-67)101(119)130-62-74-47-26-9-27-48-74/h2-31,33-52,77-92,97-100,114H,32,53-65H2,1H3/t77-,78-,79-,80-,81-,82-,83-,84-,85+,86+,87+,88+,89+,90+,91-,92-,97-,98-,99-,100-/m1/s1. The summed E-state index contributed by atoms with van der Waals surface area (Å²) in [6.45, 7) is -4.79. The van der Waals surface area contributed by atoms with Gasteiger partial charge in [0.2, 0.25) is 3.79 Å². The van der Waals surface area contributed by atoms with Gasteiger partial charge in [-0.1, -0.05) is 324 Å². The molecule has 746 valence electrons. The Morgan fingerprint density at radius 1 is 0.387 bits per heavy atom. The smallest absolute Gasteiger partial charge is 0.410 e. The molecule has 1 N–H and O–H groups in total. The number of aliphatic hydroxyl groups is 1. The number of hydrogen-bond acceptors (Lipinski definition) is 31. The topological polar surface area (TPSA) is 442 Å². The van der Waals surface area contributed by atoms with E-state index in [1.165, 1.54) is 41.3 Å². The molecular weight excluding hydrogens is 1930 g/mol. The van der Waals surface area contributed by atoms with Crippen LogP contribution in [0.25, 0.3) is 20.9 Å². The molecule has 0 aliphatic carbocycles. The van der Waals surface area contributed by atoms with E-state index in [-0.39, 0.29) is 57.1 Å². The minimum absolute atomic E-state index is 0.00333. The zero-order chi connectivity index (χ0) is 99.6. The van der Waals surface area contributed by atoms with E-state index < -0.39 is 219 Å². The van der Waals surface area contributed by atoms with E-state index in [0.29, 0.717) is 33.4 Å². The Hall–Kier alpha value is -12.3. The number of halogens is 3. The number of azide groups is 2. The van der Waals surface area contributed by atoms with Crippen LogP contribution in [0.2, 0.25) is 0 Å². The Kier molecular flexibility index (Phi) is 39.5. The van der Waals surface area contributed by atoms with E-state index in [1.54, 1.807) is 206 Å². The average Bonchev–Trinajstić information content (AvgIpc) is 0.752. The van der Waals surface area contributed by atoms with Gasteiger partial charge in [0, 0.05) is 29.8 Å². The predicted octanol–water partition coefficient (Wildman–Crippen LogP) is 15.5. The molecule has 0 radical (unpaired) electrons. The molecule has 36 nitrogen and oxygen atoms in total. The summed E-state index contributed by atoms with van der Waals surface area (Å²) in [6.07, 6.45) is -36.9. The molecule has 14 rings (SSSR count). The van der Waals surface area contributed by atoms with Crippen LogP contribution in [0.15, 0.2) is 314 Å². The second-order valence-electron chi connectivity index (χ2n) is 32.9. The molecule has 4 aliphatic heterocycles. The quantitative estimate of drug-likeness (QED) is 0.00704. The molecule has 0 aromatic heterocycles. The highest BCUT2D eigenvalue weighted by molar-refractivity contribution is 7.81. The first kappa shape index (κ1) is 105. The van der Waals surface area contributed by atoms with E-state index >= 15 is 19.2 Å². The summed E-state index contributed by atoms with van der Waals surface area (Å²) in [6, 6.07) is 80.6. The number of ether oxygens (including phenoxy) is 18. The molecule has 4 saturated heterocycles. The SMILES string of the molecule is CC(=O)OC[C@H]1O[C@H](O[C@H]2[C@H](OCc3ccccc3)[C@@H](OC(=O)c3ccccc3)[C@H](O[C@H]3[C@H](OCc4ccccc4)[C@@H](N=[N+]=[N-])[C@@H](O[C@H]4[C@H](OCc5ccccc5)[C@@H](OC(=O)c5ccccc5)[C@H](OCCCN(Cc5ccccc5)C(=O)OCc5ccccc5)O[C@@H]4C(=O)OCc4ccccc4)O[C@@H]3COS(=O)(=O)OCC(Cl)(Cl)Cl)O[C@@H]2C(=O)OCc2ccccc2)[C@H](N=[N+]=[N-])[C@@H](OCc2ccccc2)[C@@H]1O. The molecule has 20 atom stereocenters. The van der Waals surface area contributed by atoms with Gasteiger partial charge in [0.1, 0.15) is 100 Å². The summed E-state index contributed by atoms with van der Waals surface area (Å²) in [5.41, 5.74) is 26.1. The molecule has 1 amide bonds. The first-order chi connectivity index (χ1) is 69.0. The van der Waals surface area contributed by atoms with Gasteiger partial charge in [-0.2, -0.15) is 8.42 Å². The second kappa shape index (κ2) is 53.1. The van der Waals surface area contributed by atoms with Gasteiger partial charge in [0.15, 0.2) is 49.6 Å². The van der Waals surface area contributed by atoms with Crippen LogP contribution in [0, 0.1) is 0 Å². The molecule has 4 fully saturated rings. The van der Waals surface area contributed by atoms with Crippen molar-refractivity contribution in [1.82, 2.24) is 4.90 Å². The fraction of sp³-hybridized carbons (Fsp3) is 0.353. The third kappa shape index (κ3) is 30.8. The lowest BCUT2D eigenvalue weighted by atomic mass is 9.93. The largest absolute Gasteiger partial charge is 0.463 e. The van der Waals surface area contributed by atoms with E-state index in [1.807, 2.05) is 60.7 Å². The van der Waals surface area contributed by atoms with Crippen molar-refractivity contribution in [2.24, 2.45) is 10.2 Å². The number of aliphatic hydroxyl groups excluding tert-OH is 1. The van der Waals surface area contributed by atoms with Gasteiger partial charge >= 0.3 is 46.3 Å². The molecule has 10 aromatic carbocycles. The van der Waals surface area contributed by atoms with Crippen LogP contribution in [0.5, 0.6) is 0 Å². The molecule has 0 spiro atoms. The Bertz CT molecular complexity index is 5870. The molecule has 0 unspecified atom stereocenters. The van der Waals surface area contributed by atoms with Gasteiger partial charge in [-0.25, -0.2) is 32.3 Å². The van der Waals surface area contributed by atoms with Gasteiger partial charge in [-0.3, -0.25) is 4.79 Å². The lowest BCUT2D eigenvalue weighted by molar-refractivity contribution is -0.375. The Labute approximate surface area is 832 Å². The van der Waals surface area contributed by atoms with E-state index in [4.69, 9.17) is 128 Å². The lowest BCUT2D eigenvalue weighted by Gasteiger charge is -2.51. The first-order valence-corrected chi connectivity index (χ1v) is 47.7. The van der Waals surface area contributed by atoms with Crippen molar-refractivity contribution in [2.75, 3.05) is 33.0 Å². The van der Waals surface area contributed by atoms with Gasteiger partial charge in [-0.05, 0) is 86.3 Å². The van der Waals surface area contributed by atoms with Gasteiger partial charge in [0.05, 0.1) is 56.9 Å². The summed E-state index contributed by atoms with van der Waals surface area (Å²) in [5, 5.41) is 20.7. The van der Waals surface area contributed by atoms with Crippen molar-refractivity contribution in [3.8, 4) is 0 Å². The fourth-order valence-electron chi connectivity index (χ4n) is 15.9. The second-order valence-corrected chi connectivity index (χ2v) is 36.7. The van der Waals surface area contributed by atoms with Crippen LogP contribution in [-0.2, 0) is 171 Å². The maximum Gasteiger partial charge on any atom is 0.410 e. The lowest BCUT2D eigenvalue weighted by Crippen LogP contribution is -2.69. The number of nitrogens with zero attached hydrogens (tertiary/aromatic N) is 7. The fourth-order valence-corrected chi connectivity index (χ4v) is 16.9. The number of benzene rings is 10. The average molecular weight is 2030 g/mol. The van der Waals surface area contributed by atoms with E-state index in [9.17, 15) is 34.2 Å². The summed E-state index contributed by atoms with van der Waals surface area (Å²) in [4.78, 5) is 97.5. The van der Waals surface area contributed by atoms with Crippen molar-refractivity contribution >= 4 is 81.1 Å². The molecule has 4 aliphatic rings. The number of alkyl halides is 3. The monoisotopic (exact) mass is 2030 g/mol. The van der Waals surface area contributed by atoms with Crippen LogP contribution in [-0.4, -0.2) is 214 Å². The van der Waals surface area contributed by atoms with Crippen molar-refractivity contribution in [2.45, 2.75) is 193 Å². The minimum atomic E-state index is -5.45. The van der Waals surface area contributed by atoms with Crippen LogP contribution in [0.3, 0.4) is 0 Å². The van der Waals surface area contributed by atoms with Crippen molar-refractivity contribution in [3.05, 3.63) is 380 Å². The molecule has 0 saturated carbocycles. The van der Waals surface area contributed by atoms with Crippen molar-refractivity contribution in [3.63, 3.8) is 0 Å². The van der Waals surface area contributed by atoms with E-state index in [2.05, 4.69) is 20.1 Å². The summed E-state index contributed by atoms with van der Waals surface area (Å²) < 4.78 is 158. The summed E-state index contributed by atoms with van der Waals surface area (Å²) >= 11 is 18.4.